The predicted molar refractivity (Wildman–Crippen MR) is 92.1 cm³/mol. The van der Waals surface area contributed by atoms with E-state index in [0.717, 1.165) is 12.3 Å². The third-order valence-electron chi connectivity index (χ3n) is 6.39. The van der Waals surface area contributed by atoms with Gasteiger partial charge in [-0.2, -0.15) is 0 Å². The molecule has 3 aliphatic rings. The molecule has 2 unspecified atom stereocenters. The van der Waals surface area contributed by atoms with Gasteiger partial charge in [0.2, 0.25) is 0 Å². The number of rotatable bonds is 5. The number of hydrogen-bond donors (Lipinski definition) is 0. The molecule has 0 amide bonds. The monoisotopic (exact) mass is 282 g/mol. The van der Waals surface area contributed by atoms with E-state index in [1.54, 1.807) is 11.1 Å². The van der Waals surface area contributed by atoms with Crippen LogP contribution in [0.25, 0.3) is 0 Å². The summed E-state index contributed by atoms with van der Waals surface area (Å²) in [6.07, 6.45) is 18.5. The van der Waals surface area contributed by atoms with Crippen molar-refractivity contribution in [1.29, 1.82) is 0 Å². The molecule has 0 aromatic heterocycles. The van der Waals surface area contributed by atoms with Crippen LogP contribution in [0.4, 0.5) is 0 Å². The number of unbranched alkanes of at least 4 members (excludes halogenated alkanes) is 3. The van der Waals surface area contributed by atoms with Gasteiger partial charge in [-0.15, -0.1) is 6.58 Å². The lowest BCUT2D eigenvalue weighted by molar-refractivity contribution is 0.120. The van der Waals surface area contributed by atoms with Crippen LogP contribution in [0.5, 0.6) is 0 Å². The Kier molecular flexibility index (Phi) is 3.76. The molecule has 0 nitrogen and oxygen atoms in total. The largest absolute Gasteiger partial charge is 0.103 e. The highest BCUT2D eigenvalue weighted by molar-refractivity contribution is 5.55. The zero-order chi connectivity index (χ0) is 15.1. The topological polar surface area (TPSA) is 0 Å². The number of hydrogen-bond acceptors (Lipinski definition) is 0. The molecule has 21 heavy (non-hydrogen) atoms. The first-order chi connectivity index (χ1) is 10.0. The SMILES string of the molecule is C=CCCCC/C=C1\C=CC23CCC(C)(C)C2CC3=C1C. The van der Waals surface area contributed by atoms with Crippen LogP contribution in [-0.4, -0.2) is 0 Å². The normalized spacial score (nSPS) is 34.6. The summed E-state index contributed by atoms with van der Waals surface area (Å²) in [5.41, 5.74) is 5.85. The fraction of sp³-hybridized carbons (Fsp3) is 0.619. The van der Waals surface area contributed by atoms with Gasteiger partial charge in [0.25, 0.3) is 0 Å². The van der Waals surface area contributed by atoms with Crippen molar-refractivity contribution in [3.8, 4) is 0 Å². The molecule has 3 aliphatic carbocycles. The maximum Gasteiger partial charge on any atom is 0.0137 e. The van der Waals surface area contributed by atoms with Gasteiger partial charge in [0.05, 0.1) is 0 Å². The van der Waals surface area contributed by atoms with Crippen LogP contribution in [-0.2, 0) is 0 Å². The zero-order valence-electron chi connectivity index (χ0n) is 14.0. The van der Waals surface area contributed by atoms with Gasteiger partial charge in [-0.05, 0) is 74.3 Å². The first-order valence-corrected chi connectivity index (χ1v) is 8.72. The Morgan fingerprint density at radius 2 is 2.00 bits per heavy atom. The minimum Gasteiger partial charge on any atom is -0.103 e. The molecule has 0 radical (unpaired) electrons. The van der Waals surface area contributed by atoms with Crippen LogP contribution in [0.15, 0.2) is 47.6 Å². The zero-order valence-corrected chi connectivity index (χ0v) is 14.0. The molecule has 1 spiro atoms. The summed E-state index contributed by atoms with van der Waals surface area (Å²) in [7, 11) is 0. The molecule has 0 aromatic rings. The van der Waals surface area contributed by atoms with Crippen LogP contribution >= 0.6 is 0 Å². The van der Waals surface area contributed by atoms with Crippen LogP contribution in [0, 0.1) is 16.7 Å². The maximum atomic E-state index is 3.79. The van der Waals surface area contributed by atoms with Crippen molar-refractivity contribution in [2.45, 2.75) is 65.7 Å². The molecule has 2 atom stereocenters. The van der Waals surface area contributed by atoms with Gasteiger partial charge in [0.1, 0.15) is 0 Å². The highest BCUT2D eigenvalue weighted by Crippen LogP contribution is 2.70. The summed E-state index contributed by atoms with van der Waals surface area (Å²) < 4.78 is 0. The minimum atomic E-state index is 0.452. The van der Waals surface area contributed by atoms with Crippen molar-refractivity contribution in [2.75, 3.05) is 0 Å². The first-order valence-electron chi connectivity index (χ1n) is 8.72. The number of allylic oxidation sites excluding steroid dienone is 7. The van der Waals surface area contributed by atoms with Crippen LogP contribution in [0.2, 0.25) is 0 Å². The van der Waals surface area contributed by atoms with Crippen molar-refractivity contribution in [1.82, 2.24) is 0 Å². The Hall–Kier alpha value is -1.04. The van der Waals surface area contributed by atoms with Gasteiger partial charge in [0.15, 0.2) is 0 Å². The van der Waals surface area contributed by atoms with E-state index in [4.69, 9.17) is 0 Å². The van der Waals surface area contributed by atoms with Crippen LogP contribution in [0.1, 0.15) is 65.7 Å². The lowest BCUT2D eigenvalue weighted by Gasteiger charge is -2.53. The minimum absolute atomic E-state index is 0.452. The third kappa shape index (κ3) is 2.28. The average molecular weight is 282 g/mol. The van der Waals surface area contributed by atoms with E-state index in [1.807, 2.05) is 6.08 Å². The molecular weight excluding hydrogens is 252 g/mol. The fourth-order valence-corrected chi connectivity index (χ4v) is 4.91. The Balaban J connectivity index is 1.71. The van der Waals surface area contributed by atoms with Crippen molar-refractivity contribution in [3.63, 3.8) is 0 Å². The van der Waals surface area contributed by atoms with Crippen molar-refractivity contribution in [2.24, 2.45) is 16.7 Å². The highest BCUT2D eigenvalue weighted by atomic mass is 14.6. The maximum absolute atomic E-state index is 3.79. The Labute approximate surface area is 130 Å². The molecule has 2 saturated carbocycles. The van der Waals surface area contributed by atoms with E-state index in [1.165, 1.54) is 44.1 Å². The molecule has 0 bridgehead atoms. The second-order valence-corrected chi connectivity index (χ2v) is 7.96. The summed E-state index contributed by atoms with van der Waals surface area (Å²) in [6, 6.07) is 0. The molecule has 3 rings (SSSR count). The second kappa shape index (κ2) is 5.30. The molecule has 0 saturated heterocycles. The summed E-state index contributed by atoms with van der Waals surface area (Å²) in [4.78, 5) is 0. The van der Waals surface area contributed by atoms with E-state index < -0.39 is 0 Å². The van der Waals surface area contributed by atoms with Gasteiger partial charge >= 0.3 is 0 Å². The van der Waals surface area contributed by atoms with E-state index in [9.17, 15) is 0 Å². The van der Waals surface area contributed by atoms with Gasteiger partial charge < -0.3 is 0 Å². The Morgan fingerprint density at radius 1 is 1.24 bits per heavy atom. The highest BCUT2D eigenvalue weighted by Gasteiger charge is 2.60. The summed E-state index contributed by atoms with van der Waals surface area (Å²) >= 11 is 0. The second-order valence-electron chi connectivity index (χ2n) is 7.96. The van der Waals surface area contributed by atoms with Gasteiger partial charge in [-0.3, -0.25) is 0 Å². The first kappa shape index (κ1) is 14.9. The lowest BCUT2D eigenvalue weighted by Crippen LogP contribution is -2.44. The summed E-state index contributed by atoms with van der Waals surface area (Å²) in [6.45, 7) is 11.1. The molecule has 2 fully saturated rings. The smallest absolute Gasteiger partial charge is 0.0137 e. The fourth-order valence-electron chi connectivity index (χ4n) is 4.91. The molecular formula is C21H30. The van der Waals surface area contributed by atoms with E-state index in [2.05, 4.69) is 45.6 Å². The summed E-state index contributed by atoms with van der Waals surface area (Å²) in [5, 5.41) is 0. The van der Waals surface area contributed by atoms with E-state index in [-0.39, 0.29) is 0 Å². The van der Waals surface area contributed by atoms with Crippen LogP contribution in [0.3, 0.4) is 0 Å². The van der Waals surface area contributed by atoms with Crippen LogP contribution < -0.4 is 0 Å². The average Bonchev–Trinajstić information content (AvgIpc) is 2.59. The van der Waals surface area contributed by atoms with Gasteiger partial charge in [0, 0.05) is 5.41 Å². The van der Waals surface area contributed by atoms with E-state index >= 15 is 0 Å². The van der Waals surface area contributed by atoms with Gasteiger partial charge in [-0.1, -0.05) is 43.7 Å². The predicted octanol–water partition coefficient (Wildman–Crippen LogP) is 6.37. The standard InChI is InChI=1S/C21H30/c1-5-6-7-8-9-10-17-11-12-21-14-13-20(3,4)19(21)15-18(21)16(17)2/h5,10-12,19H,1,6-9,13-15H2,2-4H3/b17-10+. The Bertz CT molecular complexity index is 526. The Morgan fingerprint density at radius 3 is 2.71 bits per heavy atom. The van der Waals surface area contributed by atoms with Crippen molar-refractivity contribution >= 4 is 0 Å². The summed E-state index contributed by atoms with van der Waals surface area (Å²) in [5.74, 6) is 0.889. The molecule has 0 N–H and O–H groups in total. The lowest BCUT2D eigenvalue weighted by atomic mass is 9.51. The molecule has 0 heteroatoms. The van der Waals surface area contributed by atoms with E-state index in [0.29, 0.717) is 10.8 Å². The quantitative estimate of drug-likeness (QED) is 0.406. The van der Waals surface area contributed by atoms with Crippen molar-refractivity contribution in [3.05, 3.63) is 47.6 Å². The van der Waals surface area contributed by atoms with Crippen molar-refractivity contribution < 1.29 is 0 Å². The molecule has 114 valence electrons. The molecule has 0 aromatic carbocycles. The van der Waals surface area contributed by atoms with Gasteiger partial charge in [-0.25, -0.2) is 0 Å². The molecule has 0 aliphatic heterocycles. The third-order valence-corrected chi connectivity index (χ3v) is 6.39. The molecule has 0 heterocycles.